The normalized spacial score (nSPS) is 13.8. The predicted molar refractivity (Wildman–Crippen MR) is 181 cm³/mol. The maximum absolute atomic E-state index is 13.4. The van der Waals surface area contributed by atoms with Crippen molar-refractivity contribution in [3.05, 3.63) is 126 Å². The number of carbonyl (C=O) groups is 3. The van der Waals surface area contributed by atoms with E-state index in [4.69, 9.17) is 9.47 Å². The predicted octanol–water partition coefficient (Wildman–Crippen LogP) is 7.50. The number of nitrogens with zero attached hydrogens (tertiary/aromatic N) is 1. The lowest BCUT2D eigenvalue weighted by molar-refractivity contribution is -0.141. The first-order chi connectivity index (χ1) is 22.5. The minimum Gasteiger partial charge on any atom is -0.492 e. The van der Waals surface area contributed by atoms with E-state index < -0.39 is 12.0 Å². The lowest BCUT2D eigenvalue weighted by atomic mass is 9.86. The van der Waals surface area contributed by atoms with Gasteiger partial charge in [0.2, 0.25) is 5.91 Å². The van der Waals surface area contributed by atoms with Crippen LogP contribution in [0.2, 0.25) is 0 Å². The highest BCUT2D eigenvalue weighted by Crippen LogP contribution is 2.28. The molecule has 7 nitrogen and oxygen atoms in total. The fourth-order valence-corrected chi connectivity index (χ4v) is 6.04. The summed E-state index contributed by atoms with van der Waals surface area (Å²) in [6.45, 7) is 0.802. The van der Waals surface area contributed by atoms with Crippen LogP contribution in [0.5, 0.6) is 5.75 Å². The Morgan fingerprint density at radius 1 is 0.804 bits per heavy atom. The summed E-state index contributed by atoms with van der Waals surface area (Å²) >= 11 is 0. The van der Waals surface area contributed by atoms with Gasteiger partial charge in [0.25, 0.3) is 0 Å². The SMILES string of the molecule is COC(=O)C(Cc1ccc(OCCN(C(=O)CC2CCCCC2)c2ccccc2)cc1)Nc1ccccc1C(=O)c1ccccc1. The van der Waals surface area contributed by atoms with Gasteiger partial charge in [-0.3, -0.25) is 9.59 Å². The van der Waals surface area contributed by atoms with E-state index in [9.17, 15) is 14.4 Å². The lowest BCUT2D eigenvalue weighted by Gasteiger charge is -2.27. The van der Waals surface area contributed by atoms with Crippen molar-refractivity contribution in [3.8, 4) is 5.75 Å². The minimum atomic E-state index is -0.712. The molecule has 0 heterocycles. The Morgan fingerprint density at radius 3 is 2.15 bits per heavy atom. The molecule has 1 unspecified atom stereocenters. The van der Waals surface area contributed by atoms with Crippen LogP contribution < -0.4 is 15.0 Å². The van der Waals surface area contributed by atoms with Crippen LogP contribution >= 0.6 is 0 Å². The summed E-state index contributed by atoms with van der Waals surface area (Å²) in [6.07, 6.45) is 6.86. The highest BCUT2D eigenvalue weighted by molar-refractivity contribution is 6.12. The summed E-state index contributed by atoms with van der Waals surface area (Å²) in [5, 5.41) is 3.25. The van der Waals surface area contributed by atoms with Gasteiger partial charge in [0.15, 0.2) is 5.78 Å². The molecule has 0 spiro atoms. The van der Waals surface area contributed by atoms with Gasteiger partial charge in [-0.25, -0.2) is 4.79 Å². The van der Waals surface area contributed by atoms with Crippen LogP contribution in [-0.4, -0.2) is 44.0 Å². The quantitative estimate of drug-likeness (QED) is 0.116. The molecule has 1 aliphatic carbocycles. The molecule has 4 aromatic rings. The molecule has 0 radical (unpaired) electrons. The molecule has 0 bridgehead atoms. The van der Waals surface area contributed by atoms with Gasteiger partial charge < -0.3 is 19.7 Å². The zero-order chi connectivity index (χ0) is 32.1. The van der Waals surface area contributed by atoms with E-state index in [1.807, 2.05) is 83.8 Å². The van der Waals surface area contributed by atoms with E-state index in [1.54, 1.807) is 30.3 Å². The van der Waals surface area contributed by atoms with Crippen molar-refractivity contribution in [2.24, 2.45) is 5.92 Å². The third-order valence-electron chi connectivity index (χ3n) is 8.53. The van der Waals surface area contributed by atoms with Crippen molar-refractivity contribution in [1.29, 1.82) is 0 Å². The molecule has 0 aromatic heterocycles. The number of amides is 1. The van der Waals surface area contributed by atoms with E-state index in [2.05, 4.69) is 5.32 Å². The number of ether oxygens (including phenoxy) is 2. The molecular weight excluding hydrogens is 576 g/mol. The van der Waals surface area contributed by atoms with E-state index in [0.29, 0.717) is 54.5 Å². The van der Waals surface area contributed by atoms with E-state index in [-0.39, 0.29) is 11.7 Å². The Balaban J connectivity index is 1.21. The zero-order valence-electron chi connectivity index (χ0n) is 26.4. The standard InChI is InChI=1S/C39H42N2O5/c1-45-39(44)36(40-35-20-12-11-19-34(35)38(43)31-15-7-3-8-16-31)27-30-21-23-33(24-22-30)46-26-25-41(32-17-9-4-10-18-32)37(42)28-29-13-5-2-6-14-29/h3-4,7-12,15-24,29,36,40H,2,5-6,13-14,25-28H2,1H3. The maximum Gasteiger partial charge on any atom is 0.328 e. The summed E-state index contributed by atoms with van der Waals surface area (Å²) in [5.74, 6) is 0.724. The number of hydrogen-bond donors (Lipinski definition) is 1. The van der Waals surface area contributed by atoms with Crippen molar-refractivity contribution in [2.75, 3.05) is 30.5 Å². The Morgan fingerprint density at radius 2 is 1.46 bits per heavy atom. The molecule has 0 aliphatic heterocycles. The molecule has 238 valence electrons. The van der Waals surface area contributed by atoms with Gasteiger partial charge in [-0.1, -0.05) is 92.1 Å². The molecule has 46 heavy (non-hydrogen) atoms. The first-order valence-electron chi connectivity index (χ1n) is 16.1. The Bertz CT molecular complexity index is 1570. The molecule has 1 saturated carbocycles. The van der Waals surface area contributed by atoms with E-state index in [1.165, 1.54) is 26.4 Å². The number of para-hydroxylation sites is 2. The Hall–Kier alpha value is -4.91. The third kappa shape index (κ3) is 8.84. The second-order valence-corrected chi connectivity index (χ2v) is 11.7. The van der Waals surface area contributed by atoms with Crippen LogP contribution in [0.25, 0.3) is 0 Å². The molecule has 4 aromatic carbocycles. The van der Waals surface area contributed by atoms with Crippen LogP contribution in [-0.2, 0) is 20.7 Å². The van der Waals surface area contributed by atoms with E-state index in [0.717, 1.165) is 24.1 Å². The average molecular weight is 619 g/mol. The minimum absolute atomic E-state index is 0.129. The maximum atomic E-state index is 13.4. The van der Waals surface area contributed by atoms with E-state index >= 15 is 0 Å². The molecule has 1 N–H and O–H groups in total. The van der Waals surface area contributed by atoms with Gasteiger partial charge in [-0.2, -0.15) is 0 Å². The van der Waals surface area contributed by atoms with Crippen molar-refractivity contribution in [1.82, 2.24) is 0 Å². The summed E-state index contributed by atoms with van der Waals surface area (Å²) in [7, 11) is 1.35. The molecular formula is C39H42N2O5. The molecule has 7 heteroatoms. The lowest BCUT2D eigenvalue weighted by Crippen LogP contribution is -2.36. The smallest absolute Gasteiger partial charge is 0.328 e. The van der Waals surface area contributed by atoms with Crippen molar-refractivity contribution >= 4 is 29.0 Å². The number of rotatable bonds is 14. The monoisotopic (exact) mass is 618 g/mol. The molecule has 0 saturated heterocycles. The highest BCUT2D eigenvalue weighted by Gasteiger charge is 2.24. The number of methoxy groups -OCH3 is 1. The second kappa shape index (κ2) is 16.4. The summed E-state index contributed by atoms with van der Waals surface area (Å²) in [5.41, 5.74) is 3.40. The van der Waals surface area contributed by atoms with Crippen LogP contribution in [0.3, 0.4) is 0 Å². The van der Waals surface area contributed by atoms with Gasteiger partial charge in [-0.15, -0.1) is 0 Å². The molecule has 5 rings (SSSR count). The molecule has 1 fully saturated rings. The summed E-state index contributed by atoms with van der Waals surface area (Å²) in [4.78, 5) is 41.2. The third-order valence-corrected chi connectivity index (χ3v) is 8.53. The number of benzene rings is 4. The van der Waals surface area contributed by atoms with Crippen LogP contribution in [0, 0.1) is 5.92 Å². The van der Waals surface area contributed by atoms with Gasteiger partial charge >= 0.3 is 5.97 Å². The number of hydrogen-bond acceptors (Lipinski definition) is 6. The van der Waals surface area contributed by atoms with Crippen LogP contribution in [0.15, 0.2) is 109 Å². The summed E-state index contributed by atoms with van der Waals surface area (Å²) < 4.78 is 11.2. The van der Waals surface area contributed by atoms with Crippen LogP contribution in [0.4, 0.5) is 11.4 Å². The largest absolute Gasteiger partial charge is 0.492 e. The van der Waals surface area contributed by atoms with Crippen molar-refractivity contribution < 1.29 is 23.9 Å². The zero-order valence-corrected chi connectivity index (χ0v) is 26.4. The number of anilines is 2. The number of ketones is 1. The first kappa shape index (κ1) is 32.5. The second-order valence-electron chi connectivity index (χ2n) is 11.7. The average Bonchev–Trinajstić information content (AvgIpc) is 3.11. The Labute approximate surface area is 271 Å². The van der Waals surface area contributed by atoms with Gasteiger partial charge in [0, 0.05) is 35.3 Å². The van der Waals surface area contributed by atoms with Gasteiger partial charge in [-0.05, 0) is 60.7 Å². The molecule has 1 aliphatic rings. The first-order valence-corrected chi connectivity index (χ1v) is 16.1. The number of carbonyl (C=O) groups excluding carboxylic acids is 3. The fourth-order valence-electron chi connectivity index (χ4n) is 6.04. The van der Waals surface area contributed by atoms with Gasteiger partial charge in [0.1, 0.15) is 18.4 Å². The molecule has 1 atom stereocenters. The molecule has 1 amide bonds. The van der Waals surface area contributed by atoms with Crippen molar-refractivity contribution in [3.63, 3.8) is 0 Å². The van der Waals surface area contributed by atoms with Gasteiger partial charge in [0.05, 0.1) is 13.7 Å². The number of nitrogens with one attached hydrogen (secondary N) is 1. The van der Waals surface area contributed by atoms with Crippen molar-refractivity contribution in [2.45, 2.75) is 51.0 Å². The number of esters is 1. The topological polar surface area (TPSA) is 84.9 Å². The fraction of sp³-hybridized carbons (Fsp3) is 0.308. The highest BCUT2D eigenvalue weighted by atomic mass is 16.5. The van der Waals surface area contributed by atoms with Crippen LogP contribution in [0.1, 0.15) is 60.0 Å². The Kier molecular flexibility index (Phi) is 11.6. The summed E-state index contributed by atoms with van der Waals surface area (Å²) in [6, 6.07) is 32.9.